The first-order valence-corrected chi connectivity index (χ1v) is 9.52. The van der Waals surface area contributed by atoms with E-state index in [0.29, 0.717) is 18.6 Å². The van der Waals surface area contributed by atoms with Gasteiger partial charge >= 0.3 is 5.97 Å². The maximum absolute atomic E-state index is 12.3. The van der Waals surface area contributed by atoms with Crippen LogP contribution in [-0.2, 0) is 19.1 Å². The van der Waals surface area contributed by atoms with Gasteiger partial charge in [-0.25, -0.2) is 0 Å². The van der Waals surface area contributed by atoms with Crippen LogP contribution in [0.4, 0.5) is 0 Å². The smallest absolute Gasteiger partial charge is 0.309 e. The lowest BCUT2D eigenvalue weighted by molar-refractivity contribution is -0.156. The minimum absolute atomic E-state index is 0.0353. The number of fused-ring (bicyclic) bond motifs is 2. The molecule has 2 atom stereocenters. The third-order valence-electron chi connectivity index (χ3n) is 6.11. The van der Waals surface area contributed by atoms with Crippen LogP contribution in [0.25, 0.3) is 0 Å². The molecule has 1 amide bonds. The summed E-state index contributed by atoms with van der Waals surface area (Å²) >= 11 is 0. The molecule has 1 N–H and O–H groups in total. The molecular formula is C19H29NO4. The van der Waals surface area contributed by atoms with Crippen molar-refractivity contribution in [3.05, 3.63) is 0 Å². The van der Waals surface area contributed by atoms with Crippen LogP contribution in [0, 0.1) is 23.7 Å². The molecule has 0 aliphatic heterocycles. The molecule has 0 aromatic rings. The second-order valence-corrected chi connectivity index (χ2v) is 8.03. The summed E-state index contributed by atoms with van der Waals surface area (Å²) < 4.78 is 5.24. The molecule has 0 heterocycles. The summed E-state index contributed by atoms with van der Waals surface area (Å²) in [6.45, 7) is 2.05. The van der Waals surface area contributed by atoms with Crippen LogP contribution < -0.4 is 5.32 Å². The highest BCUT2D eigenvalue weighted by Crippen LogP contribution is 2.40. The molecule has 0 spiro atoms. The summed E-state index contributed by atoms with van der Waals surface area (Å²) in [5.74, 6) is 0.448. The molecule has 5 nitrogen and oxygen atoms in total. The van der Waals surface area contributed by atoms with E-state index in [0.717, 1.165) is 50.9 Å². The first kappa shape index (κ1) is 17.4. The average molecular weight is 335 g/mol. The molecule has 2 bridgehead atoms. The number of nitrogens with one attached hydrogen (secondary N) is 1. The lowest BCUT2D eigenvalue weighted by atomic mass is 9.67. The Hall–Kier alpha value is -1.39. The number of hydrogen-bond donors (Lipinski definition) is 1. The van der Waals surface area contributed by atoms with E-state index in [2.05, 4.69) is 12.2 Å². The van der Waals surface area contributed by atoms with E-state index >= 15 is 0 Å². The fourth-order valence-electron chi connectivity index (χ4n) is 4.60. The molecule has 3 aliphatic rings. The Labute approximate surface area is 143 Å². The van der Waals surface area contributed by atoms with Crippen molar-refractivity contribution in [3.63, 3.8) is 0 Å². The summed E-state index contributed by atoms with van der Waals surface area (Å²) in [6, 6.07) is 0.221. The number of ether oxygens (including phenoxy) is 1. The van der Waals surface area contributed by atoms with Gasteiger partial charge in [0.05, 0.1) is 5.92 Å². The molecule has 0 saturated heterocycles. The van der Waals surface area contributed by atoms with Gasteiger partial charge in [-0.15, -0.1) is 0 Å². The molecule has 0 aromatic carbocycles. The van der Waals surface area contributed by atoms with Gasteiger partial charge in [0, 0.05) is 17.9 Å². The molecule has 3 saturated carbocycles. The largest absolute Gasteiger partial charge is 0.455 e. The van der Waals surface area contributed by atoms with Crippen molar-refractivity contribution in [2.45, 2.75) is 70.8 Å². The van der Waals surface area contributed by atoms with E-state index in [1.54, 1.807) is 0 Å². The van der Waals surface area contributed by atoms with E-state index in [-0.39, 0.29) is 42.3 Å². The molecule has 3 aliphatic carbocycles. The Balaban J connectivity index is 1.40. The van der Waals surface area contributed by atoms with Crippen LogP contribution in [0.5, 0.6) is 0 Å². The van der Waals surface area contributed by atoms with Gasteiger partial charge in [-0.05, 0) is 57.3 Å². The van der Waals surface area contributed by atoms with Crippen LogP contribution in [-0.4, -0.2) is 30.3 Å². The number of carbonyl (C=O) groups excluding carboxylic acids is 3. The van der Waals surface area contributed by atoms with Gasteiger partial charge in [0.1, 0.15) is 5.78 Å². The predicted molar refractivity (Wildman–Crippen MR) is 89.1 cm³/mol. The van der Waals surface area contributed by atoms with Crippen LogP contribution in [0.2, 0.25) is 0 Å². The highest BCUT2D eigenvalue weighted by atomic mass is 16.5. The van der Waals surface area contributed by atoms with Gasteiger partial charge in [-0.3, -0.25) is 14.4 Å². The van der Waals surface area contributed by atoms with Crippen molar-refractivity contribution >= 4 is 17.7 Å². The van der Waals surface area contributed by atoms with Crippen molar-refractivity contribution in [1.29, 1.82) is 0 Å². The number of rotatable bonds is 4. The van der Waals surface area contributed by atoms with E-state index in [9.17, 15) is 14.4 Å². The predicted octanol–water partition coefficient (Wildman–Crippen LogP) is 2.62. The molecule has 3 rings (SSSR count). The summed E-state index contributed by atoms with van der Waals surface area (Å²) in [5.41, 5.74) is 0. The molecule has 134 valence electrons. The highest BCUT2D eigenvalue weighted by molar-refractivity contribution is 5.88. The molecule has 5 heteroatoms. The fraction of sp³-hybridized carbons (Fsp3) is 0.842. The van der Waals surface area contributed by atoms with E-state index in [4.69, 9.17) is 4.74 Å². The number of Topliss-reactive ketones (excluding diaryl/α,β-unsaturated/α-hetero) is 1. The maximum Gasteiger partial charge on any atom is 0.309 e. The monoisotopic (exact) mass is 335 g/mol. The summed E-state index contributed by atoms with van der Waals surface area (Å²) in [7, 11) is 0. The summed E-state index contributed by atoms with van der Waals surface area (Å²) in [5, 5.41) is 2.97. The lowest BCUT2D eigenvalue weighted by Gasteiger charge is -2.36. The van der Waals surface area contributed by atoms with Gasteiger partial charge in [-0.1, -0.05) is 13.3 Å². The van der Waals surface area contributed by atoms with E-state index in [1.165, 1.54) is 0 Å². The van der Waals surface area contributed by atoms with Crippen molar-refractivity contribution in [2.24, 2.45) is 23.7 Å². The molecule has 24 heavy (non-hydrogen) atoms. The van der Waals surface area contributed by atoms with Gasteiger partial charge in [0.15, 0.2) is 6.61 Å². The summed E-state index contributed by atoms with van der Waals surface area (Å²) in [4.78, 5) is 36.3. The van der Waals surface area contributed by atoms with Crippen LogP contribution in [0.1, 0.15) is 64.7 Å². The second kappa shape index (κ2) is 7.66. The highest BCUT2D eigenvalue weighted by Gasteiger charge is 2.41. The Bertz CT molecular complexity index is 480. The average Bonchev–Trinajstić information content (AvgIpc) is 2.54. The number of hydrogen-bond acceptors (Lipinski definition) is 4. The Morgan fingerprint density at radius 1 is 1.04 bits per heavy atom. The molecule has 0 unspecified atom stereocenters. The quantitative estimate of drug-likeness (QED) is 0.802. The van der Waals surface area contributed by atoms with Crippen molar-refractivity contribution < 1.29 is 19.1 Å². The van der Waals surface area contributed by atoms with Crippen LogP contribution in [0.3, 0.4) is 0 Å². The zero-order chi connectivity index (χ0) is 17.1. The molecule has 0 aromatic heterocycles. The number of ketones is 1. The van der Waals surface area contributed by atoms with E-state index < -0.39 is 0 Å². The zero-order valence-electron chi connectivity index (χ0n) is 14.6. The fourth-order valence-corrected chi connectivity index (χ4v) is 4.60. The Kier molecular flexibility index (Phi) is 5.57. The molecular weight excluding hydrogens is 306 g/mol. The lowest BCUT2D eigenvalue weighted by Crippen LogP contribution is -2.42. The van der Waals surface area contributed by atoms with Crippen LogP contribution in [0.15, 0.2) is 0 Å². The third-order valence-corrected chi connectivity index (χ3v) is 6.11. The topological polar surface area (TPSA) is 72.5 Å². The first-order chi connectivity index (χ1) is 11.5. The van der Waals surface area contributed by atoms with Crippen molar-refractivity contribution in [1.82, 2.24) is 5.32 Å². The Morgan fingerprint density at radius 2 is 1.67 bits per heavy atom. The first-order valence-electron chi connectivity index (χ1n) is 9.52. The maximum atomic E-state index is 12.3. The number of carbonyl (C=O) groups is 3. The molecule has 0 radical (unpaired) electrons. The number of amides is 1. The number of esters is 1. The normalized spacial score (nSPS) is 36.0. The van der Waals surface area contributed by atoms with Gasteiger partial charge < -0.3 is 10.1 Å². The zero-order valence-corrected chi connectivity index (χ0v) is 14.6. The molecule has 3 fully saturated rings. The third kappa shape index (κ3) is 4.17. The van der Waals surface area contributed by atoms with Crippen LogP contribution >= 0.6 is 0 Å². The van der Waals surface area contributed by atoms with E-state index in [1.807, 2.05) is 0 Å². The minimum atomic E-state index is -0.299. The van der Waals surface area contributed by atoms with Gasteiger partial charge in [0.2, 0.25) is 0 Å². The standard InChI is InChI=1S/C19H29NO4/c1-12-5-7-16(8-6-12)20-17(21)11-24-19(23)15-9-13-3-2-4-14(10-15)18(13)22/h12-16H,2-11H2,1H3,(H,20,21)/t12?,13-,14-,16?/m1/s1. The van der Waals surface area contributed by atoms with Gasteiger partial charge in [0.25, 0.3) is 5.91 Å². The Morgan fingerprint density at radius 3 is 2.29 bits per heavy atom. The van der Waals surface area contributed by atoms with Crippen molar-refractivity contribution in [2.75, 3.05) is 6.61 Å². The summed E-state index contributed by atoms with van der Waals surface area (Å²) in [6.07, 6.45) is 8.41. The SMILES string of the molecule is CC1CCC(NC(=O)COC(=O)C2C[C@H]3CCC[C@H](C2)C3=O)CC1. The van der Waals surface area contributed by atoms with Gasteiger partial charge in [-0.2, -0.15) is 0 Å². The minimum Gasteiger partial charge on any atom is -0.455 e. The van der Waals surface area contributed by atoms with Crippen molar-refractivity contribution in [3.8, 4) is 0 Å². The second-order valence-electron chi connectivity index (χ2n) is 8.03.